The van der Waals surface area contributed by atoms with Gasteiger partial charge in [-0.1, -0.05) is 34.7 Å². The van der Waals surface area contributed by atoms with Crippen LogP contribution in [0.15, 0.2) is 80.2 Å². The molecular weight excluding hydrogens is 510 g/mol. The molecule has 0 bridgehead atoms. The summed E-state index contributed by atoms with van der Waals surface area (Å²) in [6, 6.07) is 17.6. The van der Waals surface area contributed by atoms with Crippen LogP contribution in [-0.4, -0.2) is 35.3 Å². The van der Waals surface area contributed by atoms with Gasteiger partial charge in [0.05, 0.1) is 19.7 Å². The number of aromatic nitrogens is 2. The number of rotatable bonds is 9. The predicted octanol–water partition coefficient (Wildman–Crippen LogP) is 4.89. The van der Waals surface area contributed by atoms with E-state index in [1.807, 2.05) is 18.2 Å². The van der Waals surface area contributed by atoms with Crippen LogP contribution in [0.3, 0.4) is 0 Å². The number of nitrogens with one attached hydrogen (secondary N) is 2. The molecule has 0 radical (unpaired) electrons. The average molecular weight is 528 g/mol. The van der Waals surface area contributed by atoms with Crippen molar-refractivity contribution in [1.29, 1.82) is 0 Å². The molecule has 2 aromatic carbocycles. The first kappa shape index (κ1) is 24.5. The number of anilines is 1. The minimum atomic E-state index is -0.382. The lowest BCUT2D eigenvalue weighted by atomic mass is 10.2. The number of benzene rings is 2. The lowest BCUT2D eigenvalue weighted by Gasteiger charge is -2.02. The van der Waals surface area contributed by atoms with E-state index in [1.54, 1.807) is 49.6 Å². The van der Waals surface area contributed by atoms with Crippen LogP contribution in [0.5, 0.6) is 5.75 Å². The van der Waals surface area contributed by atoms with Crippen molar-refractivity contribution in [3.63, 3.8) is 0 Å². The van der Waals surface area contributed by atoms with E-state index < -0.39 is 0 Å². The van der Waals surface area contributed by atoms with E-state index in [-0.39, 0.29) is 18.2 Å². The number of hydrogen-bond acceptors (Lipinski definition) is 9. The first-order valence-corrected chi connectivity index (χ1v) is 12.1. The Bertz CT molecular complexity index is 1340. The summed E-state index contributed by atoms with van der Waals surface area (Å²) in [4.78, 5) is 25.5. The molecule has 2 aromatic heterocycles. The number of carbonyl (C=O) groups excluding carboxylic acids is 2. The van der Waals surface area contributed by atoms with Crippen LogP contribution in [0.25, 0.3) is 0 Å². The zero-order valence-corrected chi connectivity index (χ0v) is 20.6. The Labute approximate surface area is 213 Å². The van der Waals surface area contributed by atoms with Gasteiger partial charge in [-0.05, 0) is 60.7 Å². The van der Waals surface area contributed by atoms with Crippen molar-refractivity contribution < 1.29 is 18.7 Å². The van der Waals surface area contributed by atoms with E-state index in [2.05, 4.69) is 26.0 Å². The molecule has 2 heterocycles. The van der Waals surface area contributed by atoms with Gasteiger partial charge in [-0.2, -0.15) is 5.10 Å². The van der Waals surface area contributed by atoms with Gasteiger partial charge in [0.15, 0.2) is 5.09 Å². The maximum atomic E-state index is 12.3. The van der Waals surface area contributed by atoms with Gasteiger partial charge in [-0.15, -0.1) is 10.2 Å². The third-order valence-electron chi connectivity index (χ3n) is 4.37. The van der Waals surface area contributed by atoms with E-state index in [0.717, 1.165) is 16.2 Å². The molecule has 0 atom stereocenters. The molecule has 9 nitrogen and oxygen atoms in total. The number of hydrazone groups is 1. The second-order valence-electron chi connectivity index (χ2n) is 6.87. The molecule has 0 saturated heterocycles. The molecule has 0 aliphatic carbocycles. The zero-order valence-electron chi connectivity index (χ0n) is 18.2. The van der Waals surface area contributed by atoms with Crippen molar-refractivity contribution in [3.05, 3.63) is 82.0 Å². The van der Waals surface area contributed by atoms with Crippen LogP contribution >= 0.6 is 34.7 Å². The molecule has 0 aliphatic rings. The summed E-state index contributed by atoms with van der Waals surface area (Å²) in [6.07, 6.45) is 1.37. The number of halogens is 1. The standard InChI is InChI=1S/C23H18ClN5O4S2/c1-32-16-6-2-14(3-7-16)22(31)26-23-29-28-20(35-23)12-19(30)27-25-13-17-8-11-21(33-17)34-18-9-4-15(24)5-10-18/h2-11,13H,12H2,1H3,(H,27,30)(H,26,29,31)/b25-13-. The fourth-order valence-electron chi connectivity index (χ4n) is 2.71. The van der Waals surface area contributed by atoms with Crippen molar-refractivity contribution in [1.82, 2.24) is 15.6 Å². The number of methoxy groups -OCH3 is 1. The van der Waals surface area contributed by atoms with Crippen molar-refractivity contribution in [2.45, 2.75) is 16.4 Å². The quantitative estimate of drug-likeness (QED) is 0.235. The Kier molecular flexibility index (Phi) is 8.14. The molecule has 35 heavy (non-hydrogen) atoms. The van der Waals surface area contributed by atoms with Crippen molar-refractivity contribution in [2.24, 2.45) is 5.10 Å². The molecule has 4 aromatic rings. The minimum absolute atomic E-state index is 0.0385. The van der Waals surface area contributed by atoms with Crippen LogP contribution < -0.4 is 15.5 Å². The largest absolute Gasteiger partial charge is 0.497 e. The van der Waals surface area contributed by atoms with Gasteiger partial charge in [0.25, 0.3) is 5.91 Å². The van der Waals surface area contributed by atoms with Gasteiger partial charge in [0, 0.05) is 15.5 Å². The van der Waals surface area contributed by atoms with E-state index in [4.69, 9.17) is 20.8 Å². The van der Waals surface area contributed by atoms with Crippen molar-refractivity contribution in [3.8, 4) is 5.75 Å². The molecule has 0 spiro atoms. The fourth-order valence-corrected chi connectivity index (χ4v) is 4.35. The van der Waals surface area contributed by atoms with Crippen LogP contribution in [0.4, 0.5) is 5.13 Å². The smallest absolute Gasteiger partial charge is 0.257 e. The zero-order chi connectivity index (χ0) is 24.6. The highest BCUT2D eigenvalue weighted by Gasteiger charge is 2.13. The predicted molar refractivity (Wildman–Crippen MR) is 135 cm³/mol. The number of carbonyl (C=O) groups is 2. The van der Waals surface area contributed by atoms with E-state index in [9.17, 15) is 9.59 Å². The first-order chi connectivity index (χ1) is 17.0. The maximum Gasteiger partial charge on any atom is 0.257 e. The summed E-state index contributed by atoms with van der Waals surface area (Å²) < 4.78 is 10.7. The molecule has 178 valence electrons. The first-order valence-electron chi connectivity index (χ1n) is 10.1. The third-order valence-corrected chi connectivity index (χ3v) is 6.39. The Morgan fingerprint density at radius 2 is 1.89 bits per heavy atom. The Morgan fingerprint density at radius 3 is 2.63 bits per heavy atom. The summed E-state index contributed by atoms with van der Waals surface area (Å²) in [7, 11) is 1.55. The molecule has 0 aliphatic heterocycles. The van der Waals surface area contributed by atoms with Crippen LogP contribution in [0.1, 0.15) is 21.1 Å². The molecule has 0 saturated carbocycles. The topological polar surface area (TPSA) is 119 Å². The van der Waals surface area contributed by atoms with Gasteiger partial charge < -0.3 is 9.15 Å². The Morgan fingerprint density at radius 1 is 1.11 bits per heavy atom. The Balaban J connectivity index is 1.24. The fraction of sp³-hybridized carbons (Fsp3) is 0.0870. The van der Waals surface area contributed by atoms with Crippen molar-refractivity contribution >= 4 is 57.9 Å². The lowest BCUT2D eigenvalue weighted by Crippen LogP contribution is -2.19. The summed E-state index contributed by atoms with van der Waals surface area (Å²) in [5.74, 6) is 0.420. The number of nitrogens with zero attached hydrogens (tertiary/aromatic N) is 3. The molecule has 4 rings (SSSR count). The SMILES string of the molecule is COc1ccc(C(=O)Nc2nnc(CC(=O)N/N=C\c3ccc(Sc4ccc(Cl)cc4)o3)s2)cc1. The van der Waals surface area contributed by atoms with Crippen LogP contribution in [0, 0.1) is 0 Å². The second-order valence-corrected chi connectivity index (χ2v) is 9.44. The highest BCUT2D eigenvalue weighted by Crippen LogP contribution is 2.29. The number of furan rings is 1. The molecule has 2 N–H and O–H groups in total. The van der Waals surface area contributed by atoms with Gasteiger partial charge in [-0.25, -0.2) is 5.43 Å². The number of amides is 2. The summed E-state index contributed by atoms with van der Waals surface area (Å²) >= 11 is 8.44. The highest BCUT2D eigenvalue weighted by atomic mass is 35.5. The third kappa shape index (κ3) is 7.15. The minimum Gasteiger partial charge on any atom is -0.497 e. The molecule has 0 fully saturated rings. The Hall–Kier alpha value is -3.67. The summed E-state index contributed by atoms with van der Waals surface area (Å²) in [5, 5.41) is 16.5. The van der Waals surface area contributed by atoms with Gasteiger partial charge >= 0.3 is 0 Å². The van der Waals surface area contributed by atoms with E-state index in [1.165, 1.54) is 18.0 Å². The number of hydrogen-bond donors (Lipinski definition) is 2. The molecular formula is C23H18ClN5O4S2. The van der Waals surface area contributed by atoms with Crippen LogP contribution in [-0.2, 0) is 11.2 Å². The maximum absolute atomic E-state index is 12.3. The lowest BCUT2D eigenvalue weighted by molar-refractivity contribution is -0.120. The summed E-state index contributed by atoms with van der Waals surface area (Å²) in [5.41, 5.74) is 2.87. The second kappa shape index (κ2) is 11.6. The van der Waals surface area contributed by atoms with Gasteiger partial charge in [-0.3, -0.25) is 14.9 Å². The highest BCUT2D eigenvalue weighted by molar-refractivity contribution is 7.99. The van der Waals surface area contributed by atoms with Gasteiger partial charge in [0.2, 0.25) is 11.0 Å². The molecule has 0 unspecified atom stereocenters. The summed E-state index contributed by atoms with van der Waals surface area (Å²) in [6.45, 7) is 0. The van der Waals surface area contributed by atoms with Gasteiger partial charge in [0.1, 0.15) is 16.5 Å². The average Bonchev–Trinajstić information content (AvgIpc) is 3.49. The van der Waals surface area contributed by atoms with Crippen molar-refractivity contribution in [2.75, 3.05) is 12.4 Å². The van der Waals surface area contributed by atoms with E-state index in [0.29, 0.717) is 37.3 Å². The number of ether oxygens (including phenoxy) is 1. The van der Waals surface area contributed by atoms with Crippen LogP contribution in [0.2, 0.25) is 5.02 Å². The molecule has 12 heteroatoms. The monoisotopic (exact) mass is 527 g/mol. The normalized spacial score (nSPS) is 10.9. The molecule has 2 amide bonds. The van der Waals surface area contributed by atoms with E-state index >= 15 is 0 Å².